The SMILES string of the molecule is COc1cc2cc(c1Cl)N(C)C(=O)C[C@H](OC(=O)[C@H](C)OCCS)[C@]1(C)O[C@H]1[C@H](C)[C@@H]1C[C@@](O)(NC(=O)O1)[C@H](OC)/C=C/C=C(\C)C2. The van der Waals surface area contributed by atoms with Crippen LogP contribution in [0.15, 0.2) is 35.9 Å². The molecule has 0 unspecified atom stereocenters. The highest BCUT2D eigenvalue weighted by molar-refractivity contribution is 7.80. The number of carbonyl (C=O) groups is 3. The monoisotopic (exact) mass is 696 g/mol. The molecule has 260 valence electrons. The van der Waals surface area contributed by atoms with Gasteiger partial charge in [0.1, 0.15) is 34.7 Å². The number of hydrogen-bond acceptors (Lipinski definition) is 11. The standard InChI is InChI=1S/C33H45ClN2O10S/c1-18-9-8-10-25(42-7)33(40)17-24(44-31(39)35-33)19(2)29-32(4,46-29)26(45-30(38)20(3)43-11-12-47)16-27(37)36(5)22-14-21(13-18)15-23(41-6)28(22)34/h8-10,14-15,19-20,24-26,29,40,47H,11-13,16-17H2,1-7H3,(H,35,39)/b10-8+,18-9+/t19-,20+,24+,25-,26+,29+,32+,33+/m1/s1. The van der Waals surface area contributed by atoms with E-state index in [-0.39, 0.29) is 24.5 Å². The second kappa shape index (κ2) is 15.2. The number of ether oxygens (including phenoxy) is 6. The van der Waals surface area contributed by atoms with Gasteiger partial charge in [-0.15, -0.1) is 0 Å². The third-order valence-electron chi connectivity index (χ3n) is 9.00. The van der Waals surface area contributed by atoms with E-state index >= 15 is 0 Å². The molecule has 8 atom stereocenters. The molecule has 0 aliphatic carbocycles. The van der Waals surface area contributed by atoms with Gasteiger partial charge in [-0.2, -0.15) is 12.6 Å². The molecule has 1 aromatic rings. The van der Waals surface area contributed by atoms with Crippen LogP contribution in [0.2, 0.25) is 5.02 Å². The maximum Gasteiger partial charge on any atom is 0.409 e. The number of amides is 2. The fourth-order valence-electron chi connectivity index (χ4n) is 6.14. The van der Waals surface area contributed by atoms with Crippen LogP contribution in [0.3, 0.4) is 0 Å². The van der Waals surface area contributed by atoms with E-state index in [2.05, 4.69) is 17.9 Å². The zero-order chi connectivity index (χ0) is 34.7. The number of methoxy groups -OCH3 is 2. The van der Waals surface area contributed by atoms with Gasteiger partial charge in [0.05, 0.1) is 31.9 Å². The van der Waals surface area contributed by atoms with Crippen molar-refractivity contribution in [2.24, 2.45) is 5.92 Å². The zero-order valence-corrected chi connectivity index (χ0v) is 29.4. The van der Waals surface area contributed by atoms with Gasteiger partial charge in [-0.1, -0.05) is 42.3 Å². The summed E-state index contributed by atoms with van der Waals surface area (Å²) >= 11 is 10.8. The lowest BCUT2D eigenvalue weighted by molar-refractivity contribution is -0.165. The summed E-state index contributed by atoms with van der Waals surface area (Å²) in [6.07, 6.45) is 0.374. The Balaban J connectivity index is 1.78. The lowest BCUT2D eigenvalue weighted by atomic mass is 9.83. The van der Waals surface area contributed by atoms with Crippen LogP contribution in [-0.4, -0.2) is 98.5 Å². The predicted molar refractivity (Wildman–Crippen MR) is 178 cm³/mol. The Hall–Kier alpha value is -2.81. The van der Waals surface area contributed by atoms with Crippen LogP contribution < -0.4 is 15.0 Å². The molecule has 0 radical (unpaired) electrons. The molecule has 47 heavy (non-hydrogen) atoms. The number of hydrogen-bond donors (Lipinski definition) is 3. The van der Waals surface area contributed by atoms with Crippen molar-refractivity contribution in [2.75, 3.05) is 38.5 Å². The Bertz CT molecular complexity index is 1410. The van der Waals surface area contributed by atoms with Crippen molar-refractivity contribution in [1.82, 2.24) is 5.32 Å². The summed E-state index contributed by atoms with van der Waals surface area (Å²) in [5.74, 6) is -0.748. The number of nitrogens with zero attached hydrogens (tertiary/aromatic N) is 1. The highest BCUT2D eigenvalue weighted by Crippen LogP contribution is 2.49. The fraction of sp³-hybridized carbons (Fsp3) is 0.606. The molecule has 4 rings (SSSR count). The second-order valence-electron chi connectivity index (χ2n) is 12.5. The first-order chi connectivity index (χ1) is 22.2. The van der Waals surface area contributed by atoms with E-state index in [0.717, 1.165) is 11.1 Å². The predicted octanol–water partition coefficient (Wildman–Crippen LogP) is 4.00. The van der Waals surface area contributed by atoms with Crippen molar-refractivity contribution in [3.05, 3.63) is 46.5 Å². The Morgan fingerprint density at radius 3 is 2.68 bits per heavy atom. The van der Waals surface area contributed by atoms with Crippen LogP contribution in [0.25, 0.3) is 0 Å². The molecule has 12 nitrogen and oxygen atoms in total. The molecule has 3 heterocycles. The summed E-state index contributed by atoms with van der Waals surface area (Å²) < 4.78 is 34.4. The third kappa shape index (κ3) is 8.26. The minimum Gasteiger partial charge on any atom is -0.495 e. The number of thiol groups is 1. The lowest BCUT2D eigenvalue weighted by Crippen LogP contribution is -2.63. The number of benzene rings is 1. The van der Waals surface area contributed by atoms with E-state index in [1.807, 2.05) is 26.0 Å². The van der Waals surface area contributed by atoms with Gasteiger partial charge in [0.25, 0.3) is 0 Å². The summed E-state index contributed by atoms with van der Waals surface area (Å²) in [4.78, 5) is 41.2. The first kappa shape index (κ1) is 37.0. The molecule has 2 fully saturated rings. The van der Waals surface area contributed by atoms with Gasteiger partial charge in [0.2, 0.25) is 5.91 Å². The van der Waals surface area contributed by atoms with E-state index in [0.29, 0.717) is 23.6 Å². The third-order valence-corrected chi connectivity index (χ3v) is 9.56. The topological polar surface area (TPSA) is 145 Å². The van der Waals surface area contributed by atoms with Crippen LogP contribution in [0.1, 0.15) is 46.1 Å². The average molecular weight is 697 g/mol. The number of esters is 1. The van der Waals surface area contributed by atoms with Crippen LogP contribution in [0.5, 0.6) is 5.75 Å². The molecule has 4 bridgehead atoms. The number of aliphatic hydroxyl groups is 1. The number of anilines is 1. The maximum absolute atomic E-state index is 13.9. The van der Waals surface area contributed by atoms with Gasteiger partial charge in [0.15, 0.2) is 11.8 Å². The van der Waals surface area contributed by atoms with E-state index in [1.165, 1.54) is 19.1 Å². The van der Waals surface area contributed by atoms with Crippen molar-refractivity contribution in [3.63, 3.8) is 0 Å². The van der Waals surface area contributed by atoms with Gasteiger partial charge >= 0.3 is 12.1 Å². The number of rotatable bonds is 7. The van der Waals surface area contributed by atoms with E-state index in [4.69, 9.17) is 40.0 Å². The quantitative estimate of drug-likeness (QED) is 0.217. The summed E-state index contributed by atoms with van der Waals surface area (Å²) in [7, 11) is 4.53. The normalized spacial score (nSPS) is 33.8. The van der Waals surface area contributed by atoms with Gasteiger partial charge < -0.3 is 38.4 Å². The van der Waals surface area contributed by atoms with Gasteiger partial charge in [0, 0.05) is 32.2 Å². The minimum absolute atomic E-state index is 0.0216. The summed E-state index contributed by atoms with van der Waals surface area (Å²) in [6, 6.07) is 3.61. The molecule has 0 saturated carbocycles. The summed E-state index contributed by atoms with van der Waals surface area (Å²) in [5.41, 5.74) is -0.745. The molecule has 0 spiro atoms. The molecule has 2 N–H and O–H groups in total. The van der Waals surface area contributed by atoms with Gasteiger partial charge in [-0.25, -0.2) is 9.59 Å². The number of nitrogens with one attached hydrogen (secondary N) is 1. The van der Waals surface area contributed by atoms with E-state index in [1.54, 1.807) is 39.1 Å². The number of epoxide rings is 1. The average Bonchev–Trinajstić information content (AvgIpc) is 3.72. The van der Waals surface area contributed by atoms with E-state index in [9.17, 15) is 19.5 Å². The van der Waals surface area contributed by atoms with Gasteiger partial charge in [-0.3, -0.25) is 10.1 Å². The van der Waals surface area contributed by atoms with Gasteiger partial charge in [-0.05, 0) is 44.9 Å². The molecule has 2 saturated heterocycles. The van der Waals surface area contributed by atoms with Crippen LogP contribution in [-0.2, 0) is 39.7 Å². The van der Waals surface area contributed by atoms with Crippen molar-refractivity contribution >= 4 is 47.9 Å². The molecular formula is C33H45ClN2O10S. The molecule has 1 aromatic carbocycles. The Morgan fingerprint density at radius 1 is 1.30 bits per heavy atom. The second-order valence-corrected chi connectivity index (χ2v) is 13.3. The number of allylic oxidation sites excluding steroid dienone is 3. The van der Waals surface area contributed by atoms with Crippen LogP contribution >= 0.6 is 24.2 Å². The molecule has 2 amide bonds. The highest BCUT2D eigenvalue weighted by atomic mass is 35.5. The number of carbonyl (C=O) groups excluding carboxylic acids is 3. The largest absolute Gasteiger partial charge is 0.495 e. The minimum atomic E-state index is -1.79. The van der Waals surface area contributed by atoms with Crippen molar-refractivity contribution in [3.8, 4) is 5.75 Å². The first-order valence-corrected chi connectivity index (χ1v) is 16.5. The highest BCUT2D eigenvalue weighted by Gasteiger charge is 2.64. The molecule has 14 heteroatoms. The van der Waals surface area contributed by atoms with E-state index < -0.39 is 65.7 Å². The van der Waals surface area contributed by atoms with Crippen molar-refractivity contribution in [2.45, 2.75) is 88.8 Å². The lowest BCUT2D eigenvalue weighted by Gasteiger charge is -2.42. The summed E-state index contributed by atoms with van der Waals surface area (Å²) in [5, 5.41) is 14.4. The smallest absolute Gasteiger partial charge is 0.409 e. The Labute approximate surface area is 286 Å². The molecule has 3 aliphatic rings. The Morgan fingerprint density at radius 2 is 2.02 bits per heavy atom. The first-order valence-electron chi connectivity index (χ1n) is 15.5. The molecule has 3 aliphatic heterocycles. The Kier molecular flexibility index (Phi) is 11.9. The van der Waals surface area contributed by atoms with Crippen LogP contribution in [0.4, 0.5) is 10.5 Å². The van der Waals surface area contributed by atoms with Crippen molar-refractivity contribution < 1.29 is 47.9 Å². The number of alkyl carbamates (subject to hydrolysis) is 1. The number of fused-ring (bicyclic) bond motifs is 5. The maximum atomic E-state index is 13.9. The number of halogens is 1. The molecule has 0 aromatic heterocycles. The summed E-state index contributed by atoms with van der Waals surface area (Å²) in [6.45, 7) is 7.27. The van der Waals surface area contributed by atoms with Crippen molar-refractivity contribution in [1.29, 1.82) is 0 Å². The zero-order valence-electron chi connectivity index (χ0n) is 27.8. The fourth-order valence-corrected chi connectivity index (χ4v) is 6.56. The molecular weight excluding hydrogens is 652 g/mol. The van der Waals surface area contributed by atoms with Crippen LogP contribution in [0, 0.1) is 5.92 Å².